The van der Waals surface area contributed by atoms with E-state index in [-0.39, 0.29) is 42.0 Å². The van der Waals surface area contributed by atoms with Gasteiger partial charge in [-0.2, -0.15) is 0 Å². The average Bonchev–Trinajstić information content (AvgIpc) is 2.71. The molecule has 1 atom stereocenters. The summed E-state index contributed by atoms with van der Waals surface area (Å²) in [6, 6.07) is -0.480. The van der Waals surface area contributed by atoms with E-state index in [0.29, 0.717) is 13.1 Å². The van der Waals surface area contributed by atoms with E-state index in [0.717, 1.165) is 39.1 Å². The van der Waals surface area contributed by atoms with Gasteiger partial charge < -0.3 is 15.5 Å². The molecule has 0 unspecified atom stereocenters. The molecule has 25 heavy (non-hydrogen) atoms. The van der Waals surface area contributed by atoms with Crippen LogP contribution in [-0.4, -0.2) is 78.4 Å². The van der Waals surface area contributed by atoms with Crippen LogP contribution < -0.4 is 5.73 Å². The van der Waals surface area contributed by atoms with E-state index >= 15 is 0 Å². The Bertz CT molecular complexity index is 412. The van der Waals surface area contributed by atoms with Crippen molar-refractivity contribution in [1.29, 1.82) is 0 Å². The number of halogens is 2. The third-order valence-electron chi connectivity index (χ3n) is 4.57. The fourth-order valence-electron chi connectivity index (χ4n) is 2.78. The molecule has 0 radical (unpaired) electrons. The van der Waals surface area contributed by atoms with E-state index in [1.165, 1.54) is 0 Å². The van der Waals surface area contributed by atoms with Crippen molar-refractivity contribution in [1.82, 2.24) is 14.7 Å². The molecule has 1 heterocycles. The molecule has 1 rings (SSSR count). The highest BCUT2D eigenvalue weighted by Crippen LogP contribution is 2.19. The maximum absolute atomic E-state index is 12.5. The summed E-state index contributed by atoms with van der Waals surface area (Å²) in [4.78, 5) is 30.6. The predicted octanol–water partition coefficient (Wildman–Crippen LogP) is 1.61. The minimum absolute atomic E-state index is 0. The number of carbonyl (C=O) groups is 2. The van der Waals surface area contributed by atoms with Crippen molar-refractivity contribution < 1.29 is 9.59 Å². The highest BCUT2D eigenvalue weighted by atomic mass is 35.5. The van der Waals surface area contributed by atoms with Crippen molar-refractivity contribution in [2.45, 2.75) is 47.1 Å². The standard InChI is InChI=1S/C17H34N4O2.2ClH/c1-6-20(7-2)14(22)13-19-9-8-10-21(12-11-19)16(23)15(18)17(3,4)5;;/h15H,6-13,18H2,1-5H3;2*1H/t15-;;/m1../s1. The van der Waals surface area contributed by atoms with Gasteiger partial charge in [-0.3, -0.25) is 14.5 Å². The molecule has 0 aromatic carbocycles. The maximum Gasteiger partial charge on any atom is 0.240 e. The molecule has 150 valence electrons. The van der Waals surface area contributed by atoms with Crippen LogP contribution in [-0.2, 0) is 9.59 Å². The molecule has 1 saturated heterocycles. The molecule has 0 spiro atoms. The van der Waals surface area contributed by atoms with Crippen LogP contribution in [0.3, 0.4) is 0 Å². The van der Waals surface area contributed by atoms with Gasteiger partial charge in [-0.25, -0.2) is 0 Å². The Labute approximate surface area is 165 Å². The van der Waals surface area contributed by atoms with Crippen LogP contribution in [0.2, 0.25) is 0 Å². The monoisotopic (exact) mass is 398 g/mol. The molecule has 6 nitrogen and oxygen atoms in total. The smallest absolute Gasteiger partial charge is 0.240 e. The summed E-state index contributed by atoms with van der Waals surface area (Å²) < 4.78 is 0. The van der Waals surface area contributed by atoms with Crippen LogP contribution in [0.1, 0.15) is 41.0 Å². The lowest BCUT2D eigenvalue weighted by molar-refractivity contribution is -0.134. The molecule has 1 aliphatic rings. The number of hydrogen-bond acceptors (Lipinski definition) is 4. The van der Waals surface area contributed by atoms with Crippen molar-refractivity contribution in [2.75, 3.05) is 45.8 Å². The van der Waals surface area contributed by atoms with Crippen LogP contribution in [0.4, 0.5) is 0 Å². The number of hydrogen-bond donors (Lipinski definition) is 1. The Morgan fingerprint density at radius 1 is 1.04 bits per heavy atom. The van der Waals surface area contributed by atoms with Crippen LogP contribution in [0.25, 0.3) is 0 Å². The third kappa shape index (κ3) is 8.11. The minimum atomic E-state index is -0.480. The number of carbonyl (C=O) groups excluding carboxylic acids is 2. The number of amides is 2. The molecule has 0 aromatic rings. The summed E-state index contributed by atoms with van der Waals surface area (Å²) in [5, 5.41) is 0. The maximum atomic E-state index is 12.5. The van der Waals surface area contributed by atoms with Crippen LogP contribution in [0.15, 0.2) is 0 Å². The second-order valence-corrected chi connectivity index (χ2v) is 7.36. The Kier molecular flexibility index (Phi) is 12.7. The normalized spacial score (nSPS) is 17.0. The summed E-state index contributed by atoms with van der Waals surface area (Å²) in [7, 11) is 0. The Balaban J connectivity index is 0. The highest BCUT2D eigenvalue weighted by Gasteiger charge is 2.32. The van der Waals surface area contributed by atoms with Gasteiger partial charge in [0.1, 0.15) is 0 Å². The first-order valence-corrected chi connectivity index (χ1v) is 8.75. The second-order valence-electron chi connectivity index (χ2n) is 7.36. The van der Waals surface area contributed by atoms with Crippen LogP contribution in [0.5, 0.6) is 0 Å². The Morgan fingerprint density at radius 2 is 1.60 bits per heavy atom. The van der Waals surface area contributed by atoms with Crippen molar-refractivity contribution in [2.24, 2.45) is 11.1 Å². The number of likely N-dealkylation sites (N-methyl/N-ethyl adjacent to an activating group) is 1. The molecule has 8 heteroatoms. The zero-order valence-electron chi connectivity index (χ0n) is 16.3. The van der Waals surface area contributed by atoms with Gasteiger partial charge in [-0.05, 0) is 25.7 Å². The summed E-state index contributed by atoms with van der Waals surface area (Å²) in [6.45, 7) is 14.8. The summed E-state index contributed by atoms with van der Waals surface area (Å²) in [5.41, 5.74) is 5.87. The first-order valence-electron chi connectivity index (χ1n) is 8.75. The number of rotatable bonds is 5. The van der Waals surface area contributed by atoms with Crippen molar-refractivity contribution in [3.05, 3.63) is 0 Å². The van der Waals surface area contributed by atoms with Crippen molar-refractivity contribution in [3.63, 3.8) is 0 Å². The molecule has 0 saturated carbocycles. The Morgan fingerprint density at radius 3 is 2.08 bits per heavy atom. The molecular formula is C17H36Cl2N4O2. The third-order valence-corrected chi connectivity index (χ3v) is 4.57. The van der Waals surface area contributed by atoms with Crippen LogP contribution in [0, 0.1) is 5.41 Å². The Hall–Kier alpha value is -0.560. The lowest BCUT2D eigenvalue weighted by Gasteiger charge is -2.31. The fourth-order valence-corrected chi connectivity index (χ4v) is 2.78. The minimum Gasteiger partial charge on any atom is -0.342 e. The van der Waals surface area contributed by atoms with E-state index in [1.807, 2.05) is 44.4 Å². The summed E-state index contributed by atoms with van der Waals surface area (Å²) in [6.07, 6.45) is 0.883. The lowest BCUT2D eigenvalue weighted by atomic mass is 9.86. The van der Waals surface area contributed by atoms with Gasteiger partial charge in [-0.1, -0.05) is 20.8 Å². The molecule has 0 bridgehead atoms. The zero-order chi connectivity index (χ0) is 17.6. The molecule has 0 aromatic heterocycles. The van der Waals surface area contributed by atoms with Crippen molar-refractivity contribution in [3.8, 4) is 0 Å². The van der Waals surface area contributed by atoms with Crippen LogP contribution >= 0.6 is 24.8 Å². The largest absolute Gasteiger partial charge is 0.342 e. The highest BCUT2D eigenvalue weighted by molar-refractivity contribution is 5.85. The van der Waals surface area contributed by atoms with Gasteiger partial charge in [0.05, 0.1) is 12.6 Å². The predicted molar refractivity (Wildman–Crippen MR) is 107 cm³/mol. The summed E-state index contributed by atoms with van der Waals surface area (Å²) >= 11 is 0. The van der Waals surface area contributed by atoms with Gasteiger partial charge in [0, 0.05) is 39.3 Å². The topological polar surface area (TPSA) is 69.9 Å². The van der Waals surface area contributed by atoms with Crippen molar-refractivity contribution >= 4 is 36.6 Å². The van der Waals surface area contributed by atoms with Gasteiger partial charge in [0.25, 0.3) is 0 Å². The molecule has 0 aliphatic carbocycles. The van der Waals surface area contributed by atoms with Gasteiger partial charge in [0.2, 0.25) is 11.8 Å². The van der Waals surface area contributed by atoms with E-state index in [9.17, 15) is 9.59 Å². The number of nitrogens with two attached hydrogens (primary N) is 1. The first-order chi connectivity index (χ1) is 10.7. The molecule has 1 fully saturated rings. The van der Waals surface area contributed by atoms with E-state index in [4.69, 9.17) is 5.73 Å². The molecule has 2 N–H and O–H groups in total. The average molecular weight is 399 g/mol. The SMILES string of the molecule is CCN(CC)C(=O)CN1CCCN(C(=O)[C@@H](N)C(C)(C)C)CC1.Cl.Cl. The van der Waals surface area contributed by atoms with E-state index in [1.54, 1.807) is 0 Å². The summed E-state index contributed by atoms with van der Waals surface area (Å²) in [5.74, 6) is 0.190. The molecule has 2 amide bonds. The number of nitrogens with zero attached hydrogens (tertiary/aromatic N) is 3. The first kappa shape index (κ1) is 26.7. The van der Waals surface area contributed by atoms with Gasteiger partial charge in [0.15, 0.2) is 0 Å². The lowest BCUT2D eigenvalue weighted by Crippen LogP contribution is -2.51. The fraction of sp³-hybridized carbons (Fsp3) is 0.882. The molecular weight excluding hydrogens is 363 g/mol. The van der Waals surface area contributed by atoms with E-state index in [2.05, 4.69) is 4.90 Å². The van der Waals surface area contributed by atoms with Gasteiger partial charge in [-0.15, -0.1) is 24.8 Å². The zero-order valence-corrected chi connectivity index (χ0v) is 17.9. The second kappa shape index (κ2) is 11.9. The molecule has 1 aliphatic heterocycles. The van der Waals surface area contributed by atoms with Gasteiger partial charge >= 0.3 is 0 Å². The van der Waals surface area contributed by atoms with E-state index < -0.39 is 6.04 Å². The quantitative estimate of drug-likeness (QED) is 0.763.